The molecular weight excluding hydrogens is 354 g/mol. The van der Waals surface area contributed by atoms with Gasteiger partial charge in [0.15, 0.2) is 0 Å². The van der Waals surface area contributed by atoms with Gasteiger partial charge in [-0.15, -0.1) is 5.10 Å². The average molecular weight is 381 g/mol. The molecule has 6 heteroatoms. The van der Waals surface area contributed by atoms with Crippen LogP contribution in [0.25, 0.3) is 11.0 Å². The summed E-state index contributed by atoms with van der Waals surface area (Å²) in [4.78, 5) is 11.8. The van der Waals surface area contributed by atoms with Gasteiger partial charge in [-0.3, -0.25) is 0 Å². The number of fused-ring (bicyclic) bond motifs is 2. The fourth-order valence-corrected chi connectivity index (χ4v) is 4.50. The summed E-state index contributed by atoms with van der Waals surface area (Å²) in [6.07, 6.45) is 10.4. The first kappa shape index (κ1) is 17.6. The number of hydrogen-bond donors (Lipinski definition) is 2. The Morgan fingerprint density at radius 2 is 1.96 bits per heavy atom. The van der Waals surface area contributed by atoms with Crippen molar-refractivity contribution in [1.82, 2.24) is 10.7 Å². The lowest BCUT2D eigenvalue weighted by atomic mass is 9.79. The number of nitrogens with zero attached hydrogens (tertiary/aromatic N) is 1. The van der Waals surface area contributed by atoms with Crippen molar-refractivity contribution >= 4 is 17.0 Å². The van der Waals surface area contributed by atoms with Crippen LogP contribution in [0.4, 0.5) is 4.79 Å². The minimum Gasteiger partial charge on any atom is -0.487 e. The number of nitrogens with one attached hydrogen (secondary N) is 2. The number of benzene rings is 1. The maximum absolute atomic E-state index is 11.8. The van der Waals surface area contributed by atoms with Gasteiger partial charge in [-0.05, 0) is 75.5 Å². The molecule has 0 atom stereocenters. The SMILES string of the molecule is Cc1c/c(=N\NC(=O)NC2CC2)oc2cc3c(cc12)CCC1(CCCCC1)O3. The molecule has 1 aliphatic heterocycles. The van der Waals surface area contributed by atoms with Crippen LogP contribution in [0.5, 0.6) is 5.75 Å². The summed E-state index contributed by atoms with van der Waals surface area (Å²) in [7, 11) is 0. The molecule has 2 N–H and O–H groups in total. The molecule has 1 aromatic heterocycles. The molecule has 0 unspecified atom stereocenters. The maximum Gasteiger partial charge on any atom is 0.335 e. The van der Waals surface area contributed by atoms with E-state index < -0.39 is 0 Å². The van der Waals surface area contributed by atoms with E-state index >= 15 is 0 Å². The van der Waals surface area contributed by atoms with Crippen LogP contribution >= 0.6 is 0 Å². The molecule has 28 heavy (non-hydrogen) atoms. The molecule has 2 heterocycles. The summed E-state index contributed by atoms with van der Waals surface area (Å²) < 4.78 is 12.5. The number of rotatable bonds is 2. The van der Waals surface area contributed by atoms with Gasteiger partial charge in [-0.25, -0.2) is 10.2 Å². The fraction of sp³-hybridized carbons (Fsp3) is 0.545. The van der Waals surface area contributed by atoms with Crippen molar-refractivity contribution in [3.8, 4) is 5.75 Å². The van der Waals surface area contributed by atoms with Crippen molar-refractivity contribution in [2.24, 2.45) is 5.10 Å². The van der Waals surface area contributed by atoms with Crippen molar-refractivity contribution < 1.29 is 13.9 Å². The minimum absolute atomic E-state index is 0.0123. The van der Waals surface area contributed by atoms with Crippen molar-refractivity contribution in [3.63, 3.8) is 0 Å². The first-order valence-corrected chi connectivity index (χ1v) is 10.5. The highest BCUT2D eigenvalue weighted by Gasteiger charge is 2.37. The van der Waals surface area contributed by atoms with Crippen LogP contribution in [0.1, 0.15) is 62.5 Å². The summed E-state index contributed by atoms with van der Waals surface area (Å²) >= 11 is 0. The van der Waals surface area contributed by atoms with E-state index in [1.54, 1.807) is 0 Å². The van der Waals surface area contributed by atoms with Crippen LogP contribution in [0, 0.1) is 6.92 Å². The molecule has 148 valence electrons. The van der Waals surface area contributed by atoms with Gasteiger partial charge < -0.3 is 14.5 Å². The van der Waals surface area contributed by atoms with E-state index in [0.717, 1.165) is 60.8 Å². The summed E-state index contributed by atoms with van der Waals surface area (Å²) in [5.41, 5.74) is 6.00. The Bertz CT molecular complexity index is 984. The summed E-state index contributed by atoms with van der Waals surface area (Å²) in [5, 5.41) is 8.04. The van der Waals surface area contributed by atoms with Crippen molar-refractivity contribution in [1.29, 1.82) is 0 Å². The number of ether oxygens (including phenoxy) is 1. The van der Waals surface area contributed by atoms with Gasteiger partial charge in [0, 0.05) is 23.6 Å². The van der Waals surface area contributed by atoms with E-state index in [4.69, 9.17) is 9.15 Å². The highest BCUT2D eigenvalue weighted by molar-refractivity contribution is 5.82. The molecule has 5 rings (SSSR count). The molecule has 6 nitrogen and oxygen atoms in total. The lowest BCUT2D eigenvalue weighted by Crippen LogP contribution is -2.41. The number of hydrogen-bond acceptors (Lipinski definition) is 4. The second-order valence-corrected chi connectivity index (χ2v) is 8.54. The number of carbonyl (C=O) groups is 1. The molecule has 1 spiro atoms. The first-order valence-electron chi connectivity index (χ1n) is 10.5. The third-order valence-corrected chi connectivity index (χ3v) is 6.26. The van der Waals surface area contributed by atoms with Gasteiger partial charge in [-0.2, -0.15) is 0 Å². The van der Waals surface area contributed by atoms with Crippen LogP contribution in [0.15, 0.2) is 27.7 Å². The zero-order valence-electron chi connectivity index (χ0n) is 16.3. The molecular formula is C22H27N3O3. The fourth-order valence-electron chi connectivity index (χ4n) is 4.50. The van der Waals surface area contributed by atoms with Crippen molar-refractivity contribution in [2.45, 2.75) is 76.4 Å². The normalized spacial score (nSPS) is 21.2. The second-order valence-electron chi connectivity index (χ2n) is 8.54. The molecule has 2 amide bonds. The molecule has 2 aliphatic carbocycles. The molecule has 1 aromatic carbocycles. The number of aryl methyl sites for hydroxylation is 2. The average Bonchev–Trinajstić information content (AvgIpc) is 3.50. The topological polar surface area (TPSA) is 75.9 Å². The summed E-state index contributed by atoms with van der Waals surface area (Å²) in [6, 6.07) is 6.06. The van der Waals surface area contributed by atoms with E-state index in [-0.39, 0.29) is 11.6 Å². The molecule has 2 aromatic rings. The van der Waals surface area contributed by atoms with Crippen LogP contribution in [-0.4, -0.2) is 17.7 Å². The highest BCUT2D eigenvalue weighted by Crippen LogP contribution is 2.43. The van der Waals surface area contributed by atoms with Crippen LogP contribution in [0.3, 0.4) is 0 Å². The predicted octanol–water partition coefficient (Wildman–Crippen LogP) is 4.05. The van der Waals surface area contributed by atoms with E-state index in [0.29, 0.717) is 11.6 Å². The number of carbonyl (C=O) groups excluding carboxylic acids is 1. The Hall–Kier alpha value is -2.50. The Kier molecular flexibility index (Phi) is 4.29. The summed E-state index contributed by atoms with van der Waals surface area (Å²) in [5.74, 6) is 0.945. The molecule has 0 radical (unpaired) electrons. The smallest absolute Gasteiger partial charge is 0.335 e. The van der Waals surface area contributed by atoms with E-state index in [1.165, 1.54) is 24.8 Å². The predicted molar refractivity (Wildman–Crippen MR) is 106 cm³/mol. The van der Waals surface area contributed by atoms with E-state index in [2.05, 4.69) is 21.9 Å². The third kappa shape index (κ3) is 3.48. The quantitative estimate of drug-likeness (QED) is 0.771. The van der Waals surface area contributed by atoms with Gasteiger partial charge in [0.2, 0.25) is 5.55 Å². The third-order valence-electron chi connectivity index (χ3n) is 6.26. The van der Waals surface area contributed by atoms with Gasteiger partial charge in [-0.1, -0.05) is 6.42 Å². The van der Waals surface area contributed by atoms with Crippen LogP contribution < -0.4 is 21.0 Å². The second kappa shape index (κ2) is 6.83. The molecule has 0 saturated heterocycles. The van der Waals surface area contributed by atoms with Gasteiger partial charge in [0.05, 0.1) is 0 Å². The van der Waals surface area contributed by atoms with Gasteiger partial charge in [0.25, 0.3) is 0 Å². The zero-order chi connectivity index (χ0) is 19.1. The first-order chi connectivity index (χ1) is 13.6. The largest absolute Gasteiger partial charge is 0.487 e. The Labute approximate surface area is 164 Å². The van der Waals surface area contributed by atoms with Crippen molar-refractivity contribution in [3.05, 3.63) is 34.9 Å². The summed E-state index contributed by atoms with van der Waals surface area (Å²) in [6.45, 7) is 2.04. The Morgan fingerprint density at radius 3 is 2.75 bits per heavy atom. The Balaban J connectivity index is 1.45. The van der Waals surface area contributed by atoms with Gasteiger partial charge in [0.1, 0.15) is 16.9 Å². The standard InChI is InChI=1S/C22H27N3O3/c1-14-11-20(24-25-21(26)23-16-5-6-16)27-19-13-18-15(12-17(14)19)7-10-22(28-18)8-3-2-4-9-22/h11-13,16H,2-10H2,1H3,(H2,23,25,26)/b24-20+. The number of urea groups is 1. The van der Waals surface area contributed by atoms with Crippen LogP contribution in [0.2, 0.25) is 0 Å². The molecule has 0 bridgehead atoms. The molecule has 3 aliphatic rings. The van der Waals surface area contributed by atoms with E-state index in [1.807, 2.05) is 19.1 Å². The minimum atomic E-state index is -0.288. The Morgan fingerprint density at radius 1 is 1.14 bits per heavy atom. The van der Waals surface area contributed by atoms with Gasteiger partial charge >= 0.3 is 6.03 Å². The number of amides is 2. The highest BCUT2D eigenvalue weighted by atomic mass is 16.5. The molecule has 2 fully saturated rings. The van der Waals surface area contributed by atoms with Crippen molar-refractivity contribution in [2.75, 3.05) is 0 Å². The zero-order valence-corrected chi connectivity index (χ0v) is 16.3. The maximum atomic E-state index is 11.8. The lowest BCUT2D eigenvalue weighted by Gasteiger charge is -2.41. The molecule has 2 saturated carbocycles. The van der Waals surface area contributed by atoms with Crippen LogP contribution in [-0.2, 0) is 6.42 Å². The monoisotopic (exact) mass is 381 g/mol. The lowest BCUT2D eigenvalue weighted by molar-refractivity contribution is 0.0109. The van der Waals surface area contributed by atoms with E-state index in [9.17, 15) is 4.79 Å².